The van der Waals surface area contributed by atoms with Gasteiger partial charge in [-0.1, -0.05) is 171 Å². The fourth-order valence-corrected chi connectivity index (χ4v) is 6.94. The number of hydrogen-bond acceptors (Lipinski definition) is 3. The van der Waals surface area contributed by atoms with E-state index in [0.29, 0.717) is 6.54 Å². The average Bonchev–Trinajstić information content (AvgIpc) is 3.58. The Morgan fingerprint density at radius 1 is 0.549 bits per heavy atom. The van der Waals surface area contributed by atoms with Crippen LogP contribution in [0.2, 0.25) is 0 Å². The number of rotatable bonds is 5. The van der Waals surface area contributed by atoms with Gasteiger partial charge in [0.05, 0.1) is 0 Å². The summed E-state index contributed by atoms with van der Waals surface area (Å²) >= 11 is 1.88. The number of benzene rings is 7. The molecule has 8 rings (SSSR count). The molecule has 0 radical (unpaired) electrons. The van der Waals surface area contributed by atoms with Crippen molar-refractivity contribution < 1.29 is 0 Å². The summed E-state index contributed by atoms with van der Waals surface area (Å²) < 4.78 is 2.70. The molecule has 51 heavy (non-hydrogen) atoms. The molecule has 0 fully saturated rings. The number of thiophene rings is 1. The second-order valence-corrected chi connectivity index (χ2v) is 12.7. The summed E-state index contributed by atoms with van der Waals surface area (Å²) in [5.74, 6) is 0. The van der Waals surface area contributed by atoms with Gasteiger partial charge >= 0.3 is 0 Å². The van der Waals surface area contributed by atoms with E-state index in [2.05, 4.69) is 147 Å². The largest absolute Gasteiger partial charge is 0.333 e. The topological polar surface area (TPSA) is 52.0 Å². The smallest absolute Gasteiger partial charge is 0.0362 e. The van der Waals surface area contributed by atoms with Gasteiger partial charge in [0, 0.05) is 26.7 Å². The molecule has 0 atom stereocenters. The maximum atomic E-state index is 5.35. The van der Waals surface area contributed by atoms with E-state index >= 15 is 0 Å². The van der Waals surface area contributed by atoms with Gasteiger partial charge in [-0.15, -0.1) is 17.9 Å². The van der Waals surface area contributed by atoms with E-state index in [1.54, 1.807) is 0 Å². The minimum absolute atomic E-state index is 0.640. The van der Waals surface area contributed by atoms with Crippen LogP contribution in [0.1, 0.15) is 30.5 Å². The lowest BCUT2D eigenvalue weighted by atomic mass is 9.96. The van der Waals surface area contributed by atoms with Crippen LogP contribution in [-0.2, 0) is 13.0 Å². The summed E-state index contributed by atoms with van der Waals surface area (Å²) in [6.45, 7) is 10.6. The van der Waals surface area contributed by atoms with Crippen molar-refractivity contribution in [2.75, 3.05) is 7.05 Å². The molecule has 0 bridgehead atoms. The molecule has 0 aliphatic carbocycles. The fraction of sp³-hybridized carbons (Fsp3) is 0.125. The monoisotopic (exact) mass is 686 g/mol. The highest BCUT2D eigenvalue weighted by molar-refractivity contribution is 7.26. The Morgan fingerprint density at radius 2 is 1.10 bits per heavy atom. The molecule has 0 aliphatic heterocycles. The third kappa shape index (κ3) is 10.3. The molecule has 2 nitrogen and oxygen atoms in total. The van der Waals surface area contributed by atoms with Gasteiger partial charge in [-0.25, -0.2) is 0 Å². The molecule has 258 valence electrons. The third-order valence-electron chi connectivity index (χ3n) is 8.22. The first-order valence-electron chi connectivity index (χ1n) is 17.6. The van der Waals surface area contributed by atoms with Crippen molar-refractivity contribution in [1.82, 2.24) is 0 Å². The minimum Gasteiger partial charge on any atom is -0.333 e. The SMILES string of the molecule is C=CCc1cccc(-c2cccc3sc4cc5ccccc5cc4c23)c1.CC.CN.Cc1ccc(-c2ccccc2)cc1.NCc1ccccc1. The quantitative estimate of drug-likeness (QED) is 0.177. The molecule has 0 unspecified atom stereocenters. The third-order valence-corrected chi connectivity index (χ3v) is 9.34. The van der Waals surface area contributed by atoms with E-state index in [1.165, 1.54) is 76.9 Å². The Balaban J connectivity index is 0.000000194. The fourth-order valence-electron chi connectivity index (χ4n) is 5.78. The van der Waals surface area contributed by atoms with Crippen molar-refractivity contribution in [3.63, 3.8) is 0 Å². The van der Waals surface area contributed by atoms with E-state index in [-0.39, 0.29) is 0 Å². The van der Waals surface area contributed by atoms with Gasteiger partial charge in [0.25, 0.3) is 0 Å². The van der Waals surface area contributed by atoms with Crippen molar-refractivity contribution in [2.45, 2.75) is 33.7 Å². The van der Waals surface area contributed by atoms with Gasteiger partial charge < -0.3 is 11.5 Å². The van der Waals surface area contributed by atoms with E-state index in [1.807, 2.05) is 67.7 Å². The number of nitrogens with two attached hydrogens (primary N) is 2. The average molecular weight is 687 g/mol. The van der Waals surface area contributed by atoms with Crippen LogP contribution in [0.25, 0.3) is 53.2 Å². The Kier molecular flexibility index (Phi) is 15.4. The first kappa shape index (κ1) is 38.5. The van der Waals surface area contributed by atoms with E-state index in [4.69, 9.17) is 5.73 Å². The molecule has 0 saturated heterocycles. The zero-order valence-corrected chi connectivity index (χ0v) is 31.2. The molecule has 1 aromatic heterocycles. The van der Waals surface area contributed by atoms with Crippen LogP contribution in [0.5, 0.6) is 0 Å². The zero-order valence-electron chi connectivity index (χ0n) is 30.4. The minimum atomic E-state index is 0.640. The number of allylic oxidation sites excluding steroid dienone is 1. The van der Waals surface area contributed by atoms with Crippen molar-refractivity contribution in [3.05, 3.63) is 193 Å². The lowest BCUT2D eigenvalue weighted by Gasteiger charge is -2.07. The van der Waals surface area contributed by atoms with Crippen molar-refractivity contribution in [1.29, 1.82) is 0 Å². The molecule has 0 saturated carbocycles. The zero-order chi connectivity index (χ0) is 36.4. The molecule has 4 N–H and O–H groups in total. The van der Waals surface area contributed by atoms with Gasteiger partial charge in [-0.3, -0.25) is 0 Å². The predicted molar refractivity (Wildman–Crippen MR) is 229 cm³/mol. The molecule has 0 spiro atoms. The summed E-state index contributed by atoms with van der Waals surface area (Å²) in [6.07, 6.45) is 2.87. The first-order valence-corrected chi connectivity index (χ1v) is 18.4. The maximum Gasteiger partial charge on any atom is 0.0362 e. The first-order chi connectivity index (χ1) is 25.1. The van der Waals surface area contributed by atoms with Gasteiger partial charge in [-0.2, -0.15) is 0 Å². The highest BCUT2D eigenvalue weighted by atomic mass is 32.1. The van der Waals surface area contributed by atoms with Crippen LogP contribution in [0, 0.1) is 6.92 Å². The molecular formula is C48H50N2S. The van der Waals surface area contributed by atoms with Gasteiger partial charge in [0.2, 0.25) is 0 Å². The van der Waals surface area contributed by atoms with Gasteiger partial charge in [0.15, 0.2) is 0 Å². The predicted octanol–water partition coefficient (Wildman–Crippen LogP) is 13.0. The van der Waals surface area contributed by atoms with Crippen LogP contribution < -0.4 is 11.5 Å². The lowest BCUT2D eigenvalue weighted by molar-refractivity contribution is 1.07. The Labute approximate surface area is 308 Å². The number of hydrogen-bond donors (Lipinski definition) is 2. The Hall–Kier alpha value is -5.32. The van der Waals surface area contributed by atoms with E-state index in [9.17, 15) is 0 Å². The molecule has 0 aliphatic rings. The van der Waals surface area contributed by atoms with Crippen LogP contribution in [0.3, 0.4) is 0 Å². The van der Waals surface area contributed by atoms with Gasteiger partial charge in [-0.05, 0) is 82.7 Å². The Morgan fingerprint density at radius 3 is 1.73 bits per heavy atom. The molecule has 8 aromatic rings. The van der Waals surface area contributed by atoms with Crippen LogP contribution in [0.4, 0.5) is 0 Å². The number of fused-ring (bicyclic) bond motifs is 4. The summed E-state index contributed by atoms with van der Waals surface area (Å²) in [5.41, 5.74) is 18.8. The van der Waals surface area contributed by atoms with Crippen molar-refractivity contribution in [2.24, 2.45) is 11.5 Å². The molecule has 0 amide bonds. The summed E-state index contributed by atoms with van der Waals surface area (Å²) in [6, 6.07) is 57.8. The van der Waals surface area contributed by atoms with Crippen molar-refractivity contribution >= 4 is 42.3 Å². The summed E-state index contributed by atoms with van der Waals surface area (Å²) in [7, 11) is 1.50. The standard InChI is InChI=1S/C25H18S.C13H12.C7H9N.C2H6.CH5N/c1-2-7-17-8-5-11-20(14-17)21-12-6-13-23-25(21)22-15-18-9-3-4-10-19(18)16-24(22)26-23;1-11-7-9-13(10-8-11)12-5-3-2-4-6-12;8-6-7-4-2-1-3-5-7;2*1-2/h2-6,8-16H,1,7H2;2-10H,1H3;1-5H,6,8H2;1-2H3;2H2,1H3. The van der Waals surface area contributed by atoms with E-state index in [0.717, 1.165) is 6.42 Å². The van der Waals surface area contributed by atoms with Crippen LogP contribution in [-0.4, -0.2) is 7.05 Å². The normalized spacial score (nSPS) is 10.0. The molecule has 7 aromatic carbocycles. The van der Waals surface area contributed by atoms with Crippen LogP contribution in [0.15, 0.2) is 176 Å². The Bertz CT molecular complexity index is 2220. The summed E-state index contributed by atoms with van der Waals surface area (Å²) in [5, 5.41) is 5.33. The molecular weight excluding hydrogens is 637 g/mol. The maximum absolute atomic E-state index is 5.35. The number of aryl methyl sites for hydroxylation is 1. The van der Waals surface area contributed by atoms with Gasteiger partial charge in [0.1, 0.15) is 0 Å². The van der Waals surface area contributed by atoms with Crippen molar-refractivity contribution in [3.8, 4) is 22.3 Å². The lowest BCUT2D eigenvalue weighted by Crippen LogP contribution is -1.94. The molecule has 1 heterocycles. The second kappa shape index (κ2) is 20.4. The summed E-state index contributed by atoms with van der Waals surface area (Å²) in [4.78, 5) is 0. The molecule has 3 heteroatoms. The second-order valence-electron chi connectivity index (χ2n) is 11.6. The highest BCUT2D eigenvalue weighted by Gasteiger charge is 2.12. The van der Waals surface area contributed by atoms with Crippen LogP contribution >= 0.6 is 11.3 Å². The van der Waals surface area contributed by atoms with E-state index < -0.39 is 0 Å². The highest BCUT2D eigenvalue weighted by Crippen LogP contribution is 2.41.